The van der Waals surface area contributed by atoms with E-state index in [4.69, 9.17) is 0 Å². The second-order valence-electron chi connectivity index (χ2n) is 6.01. The van der Waals surface area contributed by atoms with Crippen LogP contribution in [-0.2, 0) is 30.5 Å². The van der Waals surface area contributed by atoms with E-state index in [1.165, 1.54) is 0 Å². The number of halogens is 5. The number of esters is 1. The molecule has 0 saturated carbocycles. The van der Waals surface area contributed by atoms with Gasteiger partial charge in [-0.3, -0.25) is 9.59 Å². The van der Waals surface area contributed by atoms with Crippen molar-refractivity contribution in [2.45, 2.75) is 17.5 Å². The van der Waals surface area contributed by atoms with Crippen LogP contribution in [0.5, 0.6) is 0 Å². The summed E-state index contributed by atoms with van der Waals surface area (Å²) in [6.45, 7) is -1.20. The Morgan fingerprint density at radius 2 is 1.61 bits per heavy atom. The number of hydrogen-bond acceptors (Lipinski definition) is 5. The van der Waals surface area contributed by atoms with Crippen LogP contribution in [0.2, 0.25) is 0 Å². The molecule has 2 N–H and O–H groups in total. The highest BCUT2D eigenvalue weighted by molar-refractivity contribution is 7.89. The molecule has 0 aliphatic heterocycles. The van der Waals surface area contributed by atoms with Gasteiger partial charge in [0.25, 0.3) is 5.91 Å². The van der Waals surface area contributed by atoms with Crippen molar-refractivity contribution in [1.29, 1.82) is 0 Å². The summed E-state index contributed by atoms with van der Waals surface area (Å²) in [6, 6.07) is 5.52. The van der Waals surface area contributed by atoms with Gasteiger partial charge in [0, 0.05) is 12.2 Å². The van der Waals surface area contributed by atoms with E-state index >= 15 is 0 Å². The van der Waals surface area contributed by atoms with Crippen LogP contribution in [0.1, 0.15) is 12.0 Å². The standard InChI is InChI=1S/C18H15F5N2O5S/c19-14-6-5-13(9-15(14)20)31(28,29)24-8-7-17(27)30-10-16(26)25-12-3-1-11(2-4-12)18(21,22)23/h1-6,9,24H,7-8,10H2,(H,25,26). The Balaban J connectivity index is 1.76. The Kier molecular flexibility index (Phi) is 7.68. The molecule has 2 rings (SSSR count). The molecule has 31 heavy (non-hydrogen) atoms. The molecule has 0 bridgehead atoms. The molecule has 0 aliphatic carbocycles. The number of amides is 1. The highest BCUT2D eigenvalue weighted by atomic mass is 32.2. The molecule has 0 aliphatic rings. The number of sulfonamides is 1. The molecular formula is C18H15F5N2O5S. The minimum atomic E-state index is -4.52. The highest BCUT2D eigenvalue weighted by Crippen LogP contribution is 2.29. The van der Waals surface area contributed by atoms with Gasteiger partial charge in [-0.15, -0.1) is 0 Å². The molecule has 2 aromatic carbocycles. The number of carbonyl (C=O) groups is 2. The van der Waals surface area contributed by atoms with Crippen molar-refractivity contribution in [2.24, 2.45) is 0 Å². The van der Waals surface area contributed by atoms with E-state index in [9.17, 15) is 40.0 Å². The lowest BCUT2D eigenvalue weighted by Crippen LogP contribution is -2.28. The maximum atomic E-state index is 13.1. The topological polar surface area (TPSA) is 102 Å². The molecule has 7 nitrogen and oxygen atoms in total. The third-order valence-corrected chi connectivity index (χ3v) is 5.14. The second-order valence-corrected chi connectivity index (χ2v) is 7.77. The van der Waals surface area contributed by atoms with Gasteiger partial charge in [0.2, 0.25) is 10.0 Å². The van der Waals surface area contributed by atoms with E-state index in [-0.39, 0.29) is 5.69 Å². The molecule has 0 radical (unpaired) electrons. The van der Waals surface area contributed by atoms with Crippen molar-refractivity contribution < 1.29 is 44.7 Å². The zero-order chi connectivity index (χ0) is 23.2. The van der Waals surface area contributed by atoms with E-state index in [2.05, 4.69) is 10.1 Å². The number of hydrogen-bond donors (Lipinski definition) is 2. The van der Waals surface area contributed by atoms with Gasteiger partial charge in [-0.25, -0.2) is 21.9 Å². The van der Waals surface area contributed by atoms with Crippen molar-refractivity contribution in [1.82, 2.24) is 4.72 Å². The summed E-state index contributed by atoms with van der Waals surface area (Å²) < 4.78 is 93.9. The summed E-state index contributed by atoms with van der Waals surface area (Å²) in [5.41, 5.74) is -0.851. The van der Waals surface area contributed by atoms with Crippen molar-refractivity contribution in [2.75, 3.05) is 18.5 Å². The van der Waals surface area contributed by atoms with Gasteiger partial charge >= 0.3 is 12.1 Å². The van der Waals surface area contributed by atoms with Crippen LogP contribution >= 0.6 is 0 Å². The van der Waals surface area contributed by atoms with Crippen molar-refractivity contribution >= 4 is 27.6 Å². The minimum absolute atomic E-state index is 0.0494. The number of alkyl halides is 3. The Hall–Kier alpha value is -3.06. The molecule has 0 fully saturated rings. The number of ether oxygens (including phenoxy) is 1. The molecule has 0 spiro atoms. The molecule has 13 heteroatoms. The summed E-state index contributed by atoms with van der Waals surface area (Å²) in [5.74, 6) is -4.36. The zero-order valence-electron chi connectivity index (χ0n) is 15.5. The molecule has 0 saturated heterocycles. The van der Waals surface area contributed by atoms with Crippen LogP contribution in [0, 0.1) is 11.6 Å². The molecule has 0 heterocycles. The summed E-state index contributed by atoms with van der Waals surface area (Å²) in [7, 11) is -4.21. The minimum Gasteiger partial charge on any atom is -0.456 e. The van der Waals surface area contributed by atoms with E-state index in [1.807, 2.05) is 4.72 Å². The average Bonchev–Trinajstić information content (AvgIpc) is 2.68. The Labute approximate surface area is 173 Å². The van der Waals surface area contributed by atoms with Crippen LogP contribution < -0.4 is 10.0 Å². The van der Waals surface area contributed by atoms with Gasteiger partial charge in [0.15, 0.2) is 18.2 Å². The zero-order valence-corrected chi connectivity index (χ0v) is 16.3. The molecular weight excluding hydrogens is 451 g/mol. The largest absolute Gasteiger partial charge is 0.456 e. The van der Waals surface area contributed by atoms with Gasteiger partial charge in [0.05, 0.1) is 16.9 Å². The van der Waals surface area contributed by atoms with Crippen molar-refractivity contribution in [3.8, 4) is 0 Å². The Morgan fingerprint density at radius 3 is 2.19 bits per heavy atom. The fourth-order valence-electron chi connectivity index (χ4n) is 2.17. The predicted octanol–water partition coefficient (Wildman–Crippen LogP) is 2.83. The number of rotatable bonds is 8. The number of carbonyl (C=O) groups excluding carboxylic acids is 2. The lowest BCUT2D eigenvalue weighted by atomic mass is 10.2. The van der Waals surface area contributed by atoms with E-state index < -0.39 is 69.7 Å². The Bertz CT molecular complexity index is 1060. The van der Waals surface area contributed by atoms with E-state index in [1.54, 1.807) is 0 Å². The maximum Gasteiger partial charge on any atom is 0.416 e. The van der Waals surface area contributed by atoms with Gasteiger partial charge in [-0.2, -0.15) is 13.2 Å². The van der Waals surface area contributed by atoms with Crippen LogP contribution in [0.3, 0.4) is 0 Å². The SMILES string of the molecule is O=C(COC(=O)CCNS(=O)(=O)c1ccc(F)c(F)c1)Nc1ccc(C(F)(F)F)cc1. The molecule has 0 atom stereocenters. The van der Waals surface area contributed by atoms with Crippen LogP contribution in [0.15, 0.2) is 47.4 Å². The summed E-state index contributed by atoms with van der Waals surface area (Å²) in [4.78, 5) is 22.7. The quantitative estimate of drug-likeness (QED) is 0.460. The fraction of sp³-hybridized carbons (Fsp3) is 0.222. The normalized spacial score (nSPS) is 11.8. The highest BCUT2D eigenvalue weighted by Gasteiger charge is 2.30. The van der Waals surface area contributed by atoms with E-state index in [0.717, 1.165) is 30.3 Å². The first-order valence-corrected chi connectivity index (χ1v) is 9.94. The average molecular weight is 466 g/mol. The number of benzene rings is 2. The van der Waals surface area contributed by atoms with Crippen LogP contribution in [0.4, 0.5) is 27.6 Å². The summed E-state index contributed by atoms with van der Waals surface area (Å²) in [5, 5.41) is 2.23. The number of anilines is 1. The first kappa shape index (κ1) is 24.2. The lowest BCUT2D eigenvalue weighted by molar-refractivity contribution is -0.147. The van der Waals surface area contributed by atoms with Gasteiger partial charge in [-0.05, 0) is 42.5 Å². The molecule has 0 unspecified atom stereocenters. The first-order chi connectivity index (χ1) is 14.4. The summed E-state index contributed by atoms with van der Waals surface area (Å²) >= 11 is 0. The van der Waals surface area contributed by atoms with Crippen LogP contribution in [-0.4, -0.2) is 33.4 Å². The molecule has 0 aromatic heterocycles. The van der Waals surface area contributed by atoms with Gasteiger partial charge in [-0.1, -0.05) is 0 Å². The van der Waals surface area contributed by atoms with Crippen molar-refractivity contribution in [3.05, 3.63) is 59.7 Å². The molecule has 1 amide bonds. The summed E-state index contributed by atoms with van der Waals surface area (Å²) in [6.07, 6.45) is -5.00. The third-order valence-electron chi connectivity index (χ3n) is 3.68. The maximum absolute atomic E-state index is 13.1. The van der Waals surface area contributed by atoms with Gasteiger partial charge in [0.1, 0.15) is 0 Å². The fourth-order valence-corrected chi connectivity index (χ4v) is 3.22. The predicted molar refractivity (Wildman–Crippen MR) is 97.2 cm³/mol. The monoisotopic (exact) mass is 466 g/mol. The Morgan fingerprint density at radius 1 is 0.968 bits per heavy atom. The molecule has 2 aromatic rings. The second kappa shape index (κ2) is 9.83. The van der Waals surface area contributed by atoms with Crippen LogP contribution in [0.25, 0.3) is 0 Å². The smallest absolute Gasteiger partial charge is 0.416 e. The number of nitrogens with one attached hydrogen (secondary N) is 2. The van der Waals surface area contributed by atoms with Crippen molar-refractivity contribution in [3.63, 3.8) is 0 Å². The lowest BCUT2D eigenvalue weighted by Gasteiger charge is -2.09. The molecule has 168 valence electrons. The van der Waals surface area contributed by atoms with E-state index in [0.29, 0.717) is 12.1 Å². The first-order valence-electron chi connectivity index (χ1n) is 8.46. The third kappa shape index (κ3) is 7.29. The van der Waals surface area contributed by atoms with Gasteiger partial charge < -0.3 is 10.1 Å².